The highest BCUT2D eigenvalue weighted by Crippen LogP contribution is 2.45. The molecule has 14 aromatic carbocycles. The maximum absolute atomic E-state index is 8.50. The van der Waals surface area contributed by atoms with Crippen LogP contribution in [0.3, 0.4) is 0 Å². The maximum Gasteiger partial charge on any atom is 0.236 e. The minimum Gasteiger partial charge on any atom is -0.456 e. The second-order valence-electron chi connectivity index (χ2n) is 24.5. The van der Waals surface area contributed by atoms with E-state index in [2.05, 4.69) is 209 Å². The summed E-state index contributed by atoms with van der Waals surface area (Å²) in [5.41, 5.74) is 16.2. The highest BCUT2D eigenvalue weighted by Gasteiger charge is 2.25. The molecule has 452 valence electrons. The highest BCUT2D eigenvalue weighted by molar-refractivity contribution is 7.25. The van der Waals surface area contributed by atoms with E-state index in [1.165, 1.54) is 42.9 Å². The molecule has 0 atom stereocenters. The third-order valence-electron chi connectivity index (χ3n) is 18.9. The van der Waals surface area contributed by atoms with E-state index < -0.39 is 6.04 Å². The fraction of sp³-hybridized carbons (Fsp3) is 0. The van der Waals surface area contributed by atoms with Crippen LogP contribution in [0.25, 0.3) is 197 Å². The van der Waals surface area contributed by atoms with Crippen LogP contribution < -0.4 is 0 Å². The Labute approximate surface area is 565 Å². The predicted molar refractivity (Wildman–Crippen MR) is 402 cm³/mol. The van der Waals surface area contributed by atoms with Gasteiger partial charge < -0.3 is 8.83 Å². The number of rotatable bonds is 7. The lowest BCUT2D eigenvalue weighted by Gasteiger charge is -2.11. The Kier molecular flexibility index (Phi) is 11.2. The first-order valence-electron chi connectivity index (χ1n) is 34.7. The Morgan fingerprint density at radius 3 is 1.48 bits per heavy atom. The quantitative estimate of drug-likeness (QED) is 0.158. The average molecular weight is 1260 g/mol. The molecule has 7 heterocycles. The van der Waals surface area contributed by atoms with E-state index in [-0.39, 0.29) is 29.7 Å². The molecule has 9 heteroatoms. The maximum atomic E-state index is 8.50. The summed E-state index contributed by atoms with van der Waals surface area (Å²) in [7, 11) is 0. The molecule has 0 aliphatic carbocycles. The molecule has 0 saturated carbocycles. The summed E-state index contributed by atoms with van der Waals surface area (Å²) in [6.45, 7) is 0. The van der Waals surface area contributed by atoms with Crippen LogP contribution in [0.5, 0.6) is 0 Å². The van der Waals surface area contributed by atoms with E-state index in [0.29, 0.717) is 39.8 Å². The number of benzene rings is 14. The number of furan rings is 2. The van der Waals surface area contributed by atoms with Gasteiger partial charge in [0, 0.05) is 64.3 Å². The lowest BCUT2D eigenvalue weighted by molar-refractivity contribution is 0.666. The summed E-state index contributed by atoms with van der Waals surface area (Å²) in [6.07, 6.45) is 0. The summed E-state index contributed by atoms with van der Waals surface area (Å²) in [5, 5.41) is 14.3. The first-order valence-corrected chi connectivity index (χ1v) is 33.0. The van der Waals surface area contributed by atoms with Crippen molar-refractivity contribution in [1.29, 1.82) is 0 Å². The van der Waals surface area contributed by atoms with Crippen molar-refractivity contribution in [2.24, 2.45) is 0 Å². The molecule has 0 radical (unpaired) electrons. The average Bonchev–Trinajstić information content (AvgIpc) is 1.54. The van der Waals surface area contributed by atoms with Crippen LogP contribution in [-0.4, -0.2) is 29.1 Å². The first-order chi connectivity index (χ1) is 50.1. The number of hydrogen-bond donors (Lipinski definition) is 0. The zero-order chi connectivity index (χ0) is 68.0. The van der Waals surface area contributed by atoms with E-state index in [1.54, 1.807) is 23.5 Å². The van der Waals surface area contributed by atoms with E-state index in [4.69, 9.17) is 35.6 Å². The van der Waals surface area contributed by atoms with Crippen LogP contribution in [-0.2, 0) is 0 Å². The molecule has 21 rings (SSSR count). The van der Waals surface area contributed by atoms with Gasteiger partial charge in [-0.15, -0.1) is 11.3 Å². The van der Waals surface area contributed by atoms with E-state index in [1.807, 2.05) is 72.8 Å². The molecule has 0 unspecified atom stereocenters. The summed E-state index contributed by atoms with van der Waals surface area (Å²) in [6, 6.07) is 96.9. The monoisotopic (exact) mass is 1260 g/mol. The molecule has 0 bridgehead atoms. The van der Waals surface area contributed by atoms with Crippen molar-refractivity contribution in [2.75, 3.05) is 0 Å². The Hall–Kier alpha value is -12.8. The zero-order valence-corrected chi connectivity index (χ0v) is 52.4. The van der Waals surface area contributed by atoms with Crippen molar-refractivity contribution in [2.45, 2.75) is 0 Å². The number of fused-ring (bicyclic) bond motifs is 17. The van der Waals surface area contributed by atoms with Crippen molar-refractivity contribution in [3.63, 3.8) is 0 Å². The van der Waals surface area contributed by atoms with Gasteiger partial charge in [0.2, 0.25) is 11.9 Å². The van der Waals surface area contributed by atoms with Gasteiger partial charge in [0.25, 0.3) is 0 Å². The summed E-state index contributed by atoms with van der Waals surface area (Å²) in [5.74, 6) is 1.15. The summed E-state index contributed by atoms with van der Waals surface area (Å²) >= 11 is 1.72. The van der Waals surface area contributed by atoms with Crippen LogP contribution >= 0.6 is 11.3 Å². The third kappa shape index (κ3) is 8.97. The summed E-state index contributed by atoms with van der Waals surface area (Å²) < 4.78 is 59.6. The molecule has 0 aliphatic heterocycles. The van der Waals surface area contributed by atoms with Gasteiger partial charge in [0.1, 0.15) is 32.8 Å². The fourth-order valence-corrected chi connectivity index (χ4v) is 15.4. The van der Waals surface area contributed by atoms with Crippen molar-refractivity contribution in [3.8, 4) is 67.8 Å². The van der Waals surface area contributed by atoms with E-state index in [0.717, 1.165) is 109 Å². The number of nitrogens with zero attached hydrogens (tertiary/aromatic N) is 6. The molecule has 97 heavy (non-hydrogen) atoms. The van der Waals surface area contributed by atoms with Gasteiger partial charge in [-0.2, -0.15) is 0 Å². The Balaban J connectivity index is 0.000000139. The smallest absolute Gasteiger partial charge is 0.236 e. The van der Waals surface area contributed by atoms with Gasteiger partial charge in [-0.25, -0.2) is 19.9 Å². The van der Waals surface area contributed by atoms with Gasteiger partial charge in [-0.3, -0.25) is 9.13 Å². The molecule has 0 amide bonds. The summed E-state index contributed by atoms with van der Waals surface area (Å²) in [4.78, 5) is 22.2. The van der Waals surface area contributed by atoms with Crippen molar-refractivity contribution >= 4 is 141 Å². The Morgan fingerprint density at radius 2 is 0.804 bits per heavy atom. The third-order valence-corrected chi connectivity index (χ3v) is 20.0. The van der Waals surface area contributed by atoms with Crippen LogP contribution in [0.1, 0.15) is 6.85 Å². The minimum absolute atomic E-state index is 0.117. The standard InChI is InChI=1S/C50H29N3OS.C38H23N3O/c1-2-10-30(11-3-1)31-18-20-32(21-19-31)35-23-25-46-41(27-35)47-48(36-22-24-45-40(28-36)38-15-7-9-17-44(38)54-45)51-50(52-49(47)55-46)53-42-16-8-6-14-37(42)39-26-33-12-4-5-13-34(33)29-43(39)53;1-3-11-24(12-4-1)28-19-20-30-34(23-28)42-37-35(25-13-5-2-6-14-25)39-38(40-36(30)37)41-32-18-10-9-17-29(32)31-21-26-15-7-8-16-27(26)22-33(31)41/h1-29H;1-23H/i;1D,3D,4D,11D,12D. The lowest BCUT2D eigenvalue weighted by atomic mass is 9.98. The van der Waals surface area contributed by atoms with Crippen molar-refractivity contribution in [1.82, 2.24) is 29.1 Å². The highest BCUT2D eigenvalue weighted by atomic mass is 32.1. The number of aromatic nitrogens is 6. The second kappa shape index (κ2) is 21.9. The molecule has 0 spiro atoms. The molecule has 0 fully saturated rings. The van der Waals surface area contributed by atoms with Crippen LogP contribution in [0.2, 0.25) is 0 Å². The van der Waals surface area contributed by atoms with Gasteiger partial charge in [-0.1, -0.05) is 230 Å². The van der Waals surface area contributed by atoms with Crippen LogP contribution in [0.15, 0.2) is 324 Å². The molecule has 0 saturated heterocycles. The van der Waals surface area contributed by atoms with Crippen molar-refractivity contribution < 1.29 is 15.7 Å². The molecule has 7 aromatic heterocycles. The van der Waals surface area contributed by atoms with Gasteiger partial charge in [0.05, 0.1) is 34.6 Å². The SMILES string of the molecule is [2H]c1c([2H])c([2H])c(-c2ccc3c(c2)oc2c(-c4ccccc4)nc(-n4c5ccccc5c5cc6ccccc6cc54)nc23)c([2H])c1[2H].c1ccc(-c2ccc(-c3ccc4sc5nc(-n6c7ccccc7c7cc8ccccc8cc76)nc(-c6ccc7oc8ccccc8c7c6)c5c4c3)cc2)cc1. The molecule has 21 aromatic rings. The van der Waals surface area contributed by atoms with Crippen molar-refractivity contribution in [3.05, 3.63) is 315 Å². The zero-order valence-electron chi connectivity index (χ0n) is 56.5. The number of para-hydroxylation sites is 3. The molecule has 0 N–H and O–H groups in total. The van der Waals surface area contributed by atoms with Gasteiger partial charge in [-0.05, 0) is 140 Å². The second-order valence-corrected chi connectivity index (χ2v) is 25.5. The molecule has 8 nitrogen and oxygen atoms in total. The largest absolute Gasteiger partial charge is 0.456 e. The number of thiophene rings is 1. The first kappa shape index (κ1) is 49.8. The molecular weight excluding hydrogens is 1210 g/mol. The lowest BCUT2D eigenvalue weighted by Crippen LogP contribution is -2.02. The molecular formula is C88H52N6O2S. The normalized spacial score (nSPS) is 12.6. The Bertz CT molecular complexity index is 7050. The fourth-order valence-electron chi connectivity index (χ4n) is 14.3. The topological polar surface area (TPSA) is 87.7 Å². The molecule has 0 aliphatic rings. The minimum atomic E-state index is -0.429. The predicted octanol–water partition coefficient (Wildman–Crippen LogP) is 24.0. The van der Waals surface area contributed by atoms with Crippen LogP contribution in [0, 0.1) is 0 Å². The van der Waals surface area contributed by atoms with E-state index >= 15 is 0 Å². The van der Waals surface area contributed by atoms with E-state index in [9.17, 15) is 0 Å². The Morgan fingerprint density at radius 1 is 0.299 bits per heavy atom. The van der Waals surface area contributed by atoms with Crippen LogP contribution in [0.4, 0.5) is 0 Å². The number of hydrogen-bond acceptors (Lipinski definition) is 7. The van der Waals surface area contributed by atoms with Gasteiger partial charge in [0.15, 0.2) is 5.58 Å². The van der Waals surface area contributed by atoms with Gasteiger partial charge >= 0.3 is 0 Å².